The summed E-state index contributed by atoms with van der Waals surface area (Å²) in [5.41, 5.74) is 0.626. The molecule has 1 amide bonds. The largest absolute Gasteiger partial charge is 0.497 e. The summed E-state index contributed by atoms with van der Waals surface area (Å²) in [5.74, 6) is 0.975. The van der Waals surface area contributed by atoms with E-state index in [0.717, 1.165) is 0 Å². The summed E-state index contributed by atoms with van der Waals surface area (Å²) in [6.07, 6.45) is 2.83. The summed E-state index contributed by atoms with van der Waals surface area (Å²) in [6.45, 7) is 0.0573. The van der Waals surface area contributed by atoms with E-state index in [2.05, 4.69) is 20.6 Å². The van der Waals surface area contributed by atoms with Gasteiger partial charge in [0.1, 0.15) is 24.4 Å². The Labute approximate surface area is 158 Å². The Morgan fingerprint density at radius 2 is 2.07 bits per heavy atom. The first kappa shape index (κ1) is 17.5. The first-order chi connectivity index (χ1) is 13.7. The fourth-order valence-electron chi connectivity index (χ4n) is 2.66. The molecular formula is C18H16N6O4. The van der Waals surface area contributed by atoms with Crippen LogP contribution in [0.25, 0.3) is 16.9 Å². The highest BCUT2D eigenvalue weighted by Gasteiger charge is 2.15. The molecule has 10 heteroatoms. The third-order valence-electron chi connectivity index (χ3n) is 4.10. The number of carbonyl (C=O) groups is 1. The van der Waals surface area contributed by atoms with Crippen LogP contribution in [0.4, 0.5) is 0 Å². The molecule has 4 aromatic rings. The van der Waals surface area contributed by atoms with Crippen molar-refractivity contribution in [2.45, 2.75) is 13.1 Å². The molecule has 0 saturated heterocycles. The van der Waals surface area contributed by atoms with Crippen molar-refractivity contribution in [1.82, 2.24) is 29.9 Å². The molecule has 3 heterocycles. The predicted octanol–water partition coefficient (Wildman–Crippen LogP) is 0.895. The van der Waals surface area contributed by atoms with E-state index in [9.17, 15) is 9.59 Å². The van der Waals surface area contributed by atoms with Crippen LogP contribution in [0.15, 0.2) is 58.2 Å². The zero-order valence-corrected chi connectivity index (χ0v) is 14.9. The number of ether oxygens (including phenoxy) is 1. The Bertz CT molecular complexity index is 1160. The van der Waals surface area contributed by atoms with Gasteiger partial charge in [-0.25, -0.2) is 4.98 Å². The Balaban J connectivity index is 1.55. The van der Waals surface area contributed by atoms with Crippen molar-refractivity contribution in [2.24, 2.45) is 0 Å². The van der Waals surface area contributed by atoms with Crippen molar-refractivity contribution in [3.05, 3.63) is 65.1 Å². The molecule has 0 unspecified atom stereocenters. The van der Waals surface area contributed by atoms with E-state index in [-0.39, 0.29) is 24.5 Å². The minimum absolute atomic E-state index is 0.0807. The normalized spacial score (nSPS) is 10.9. The number of nitrogens with one attached hydrogen (secondary N) is 1. The number of hydrogen-bond acceptors (Lipinski definition) is 7. The van der Waals surface area contributed by atoms with Crippen molar-refractivity contribution in [1.29, 1.82) is 0 Å². The number of benzene rings is 1. The lowest BCUT2D eigenvalue weighted by molar-refractivity contribution is -0.122. The quantitative estimate of drug-likeness (QED) is 0.528. The van der Waals surface area contributed by atoms with Gasteiger partial charge in [-0.05, 0) is 36.4 Å². The number of nitrogens with zero attached hydrogens (tertiary/aromatic N) is 5. The van der Waals surface area contributed by atoms with Crippen molar-refractivity contribution in [3.63, 3.8) is 0 Å². The lowest BCUT2D eigenvalue weighted by Crippen LogP contribution is -2.32. The molecule has 142 valence electrons. The van der Waals surface area contributed by atoms with Gasteiger partial charge in [-0.3, -0.25) is 14.2 Å². The molecule has 1 aromatic carbocycles. The number of amides is 1. The number of hydrogen-bond donors (Lipinski definition) is 1. The lowest BCUT2D eigenvalue weighted by atomic mass is 10.3. The van der Waals surface area contributed by atoms with Gasteiger partial charge in [0.15, 0.2) is 11.2 Å². The molecule has 0 bridgehead atoms. The SMILES string of the molecule is COc1ccc(-n2nnc3c(=O)n(CC(=O)NCc4ccco4)cnc32)cc1. The number of furan rings is 1. The molecule has 0 atom stereocenters. The maximum Gasteiger partial charge on any atom is 0.284 e. The van der Waals surface area contributed by atoms with Gasteiger partial charge >= 0.3 is 0 Å². The maximum atomic E-state index is 12.6. The van der Waals surface area contributed by atoms with Gasteiger partial charge in [-0.2, -0.15) is 4.68 Å². The third kappa shape index (κ3) is 3.34. The molecule has 0 fully saturated rings. The summed E-state index contributed by atoms with van der Waals surface area (Å²) in [4.78, 5) is 29.0. The van der Waals surface area contributed by atoms with E-state index in [0.29, 0.717) is 22.8 Å². The standard InChI is InChI=1S/C18H16N6O4/c1-27-13-6-4-12(5-7-13)24-17-16(21-22-24)18(26)23(11-20-17)10-15(25)19-9-14-3-2-8-28-14/h2-8,11H,9-10H2,1H3,(H,19,25). The zero-order chi connectivity index (χ0) is 19.5. The smallest absolute Gasteiger partial charge is 0.284 e. The third-order valence-corrected chi connectivity index (χ3v) is 4.10. The summed E-state index contributed by atoms with van der Waals surface area (Å²) in [6, 6.07) is 10.6. The average molecular weight is 380 g/mol. The zero-order valence-electron chi connectivity index (χ0n) is 14.9. The molecule has 28 heavy (non-hydrogen) atoms. The second-order valence-electron chi connectivity index (χ2n) is 5.91. The van der Waals surface area contributed by atoms with Crippen LogP contribution in [0.3, 0.4) is 0 Å². The van der Waals surface area contributed by atoms with Gasteiger partial charge in [0.25, 0.3) is 5.56 Å². The lowest BCUT2D eigenvalue weighted by Gasteiger charge is -2.06. The molecule has 1 N–H and O–H groups in total. The van der Waals surface area contributed by atoms with E-state index in [4.69, 9.17) is 9.15 Å². The van der Waals surface area contributed by atoms with Gasteiger partial charge in [0.2, 0.25) is 5.91 Å². The van der Waals surface area contributed by atoms with Crippen LogP contribution >= 0.6 is 0 Å². The summed E-state index contributed by atoms with van der Waals surface area (Å²) in [7, 11) is 1.58. The number of fused-ring (bicyclic) bond motifs is 1. The molecule has 0 saturated carbocycles. The number of carbonyl (C=O) groups excluding carboxylic acids is 1. The fourth-order valence-corrected chi connectivity index (χ4v) is 2.66. The van der Waals surface area contributed by atoms with E-state index >= 15 is 0 Å². The van der Waals surface area contributed by atoms with Gasteiger partial charge in [-0.15, -0.1) is 5.10 Å². The minimum atomic E-state index is -0.446. The molecular weight excluding hydrogens is 364 g/mol. The topological polar surface area (TPSA) is 117 Å². The van der Waals surface area contributed by atoms with Gasteiger partial charge < -0.3 is 14.5 Å². The van der Waals surface area contributed by atoms with Crippen LogP contribution in [0, 0.1) is 0 Å². The Hall–Kier alpha value is -3.95. The van der Waals surface area contributed by atoms with Crippen LogP contribution in [0.2, 0.25) is 0 Å². The Kier molecular flexibility index (Phi) is 4.58. The second kappa shape index (κ2) is 7.35. The summed E-state index contributed by atoms with van der Waals surface area (Å²) in [5, 5.41) is 10.6. The van der Waals surface area contributed by atoms with Crippen molar-refractivity contribution >= 4 is 17.1 Å². The van der Waals surface area contributed by atoms with Gasteiger partial charge in [0.05, 0.1) is 25.6 Å². The van der Waals surface area contributed by atoms with E-state index < -0.39 is 5.56 Å². The van der Waals surface area contributed by atoms with Crippen LogP contribution < -0.4 is 15.6 Å². The summed E-state index contributed by atoms with van der Waals surface area (Å²) >= 11 is 0. The molecule has 0 spiro atoms. The first-order valence-electron chi connectivity index (χ1n) is 8.40. The first-order valence-corrected chi connectivity index (χ1v) is 8.40. The number of methoxy groups -OCH3 is 1. The van der Waals surface area contributed by atoms with Crippen LogP contribution in [-0.4, -0.2) is 37.6 Å². The average Bonchev–Trinajstić information content (AvgIpc) is 3.39. The second-order valence-corrected chi connectivity index (χ2v) is 5.91. The number of aromatic nitrogens is 5. The highest BCUT2D eigenvalue weighted by molar-refractivity contribution is 5.76. The number of rotatable bonds is 6. The molecule has 3 aromatic heterocycles. The van der Waals surface area contributed by atoms with E-state index in [1.54, 1.807) is 43.5 Å². The molecule has 0 aliphatic heterocycles. The maximum absolute atomic E-state index is 12.6. The highest BCUT2D eigenvalue weighted by Crippen LogP contribution is 2.16. The highest BCUT2D eigenvalue weighted by atomic mass is 16.5. The minimum Gasteiger partial charge on any atom is -0.497 e. The summed E-state index contributed by atoms with van der Waals surface area (Å²) < 4.78 is 12.9. The van der Waals surface area contributed by atoms with Gasteiger partial charge in [-0.1, -0.05) is 5.21 Å². The van der Waals surface area contributed by atoms with Crippen LogP contribution in [-0.2, 0) is 17.9 Å². The van der Waals surface area contributed by atoms with Crippen molar-refractivity contribution in [2.75, 3.05) is 7.11 Å². The molecule has 4 rings (SSSR count). The monoisotopic (exact) mass is 380 g/mol. The Morgan fingerprint density at radius 3 is 2.79 bits per heavy atom. The Morgan fingerprint density at radius 1 is 1.25 bits per heavy atom. The van der Waals surface area contributed by atoms with E-state index in [1.807, 2.05) is 0 Å². The molecule has 0 aliphatic rings. The van der Waals surface area contributed by atoms with Crippen LogP contribution in [0.5, 0.6) is 5.75 Å². The van der Waals surface area contributed by atoms with Crippen molar-refractivity contribution in [3.8, 4) is 11.4 Å². The molecule has 0 aliphatic carbocycles. The fraction of sp³-hybridized carbons (Fsp3) is 0.167. The predicted molar refractivity (Wildman–Crippen MR) is 98.0 cm³/mol. The van der Waals surface area contributed by atoms with Gasteiger partial charge in [0, 0.05) is 0 Å². The van der Waals surface area contributed by atoms with Crippen LogP contribution in [0.1, 0.15) is 5.76 Å². The van der Waals surface area contributed by atoms with Crippen molar-refractivity contribution < 1.29 is 13.9 Å². The molecule has 10 nitrogen and oxygen atoms in total. The van der Waals surface area contributed by atoms with E-state index in [1.165, 1.54) is 21.8 Å². The molecule has 0 radical (unpaired) electrons.